The molecule has 0 bridgehead atoms. The van der Waals surface area contributed by atoms with Gasteiger partial charge < -0.3 is 9.47 Å². The first-order valence-electron chi connectivity index (χ1n) is 6.33. The van der Waals surface area contributed by atoms with E-state index in [1.807, 2.05) is 12.3 Å². The van der Waals surface area contributed by atoms with Crippen LogP contribution in [-0.2, 0) is 9.47 Å². The van der Waals surface area contributed by atoms with Crippen molar-refractivity contribution >= 4 is 29.3 Å². The molecule has 1 fully saturated rings. The second-order valence-corrected chi connectivity index (χ2v) is 5.72. The Balaban J connectivity index is 1.95. The minimum atomic E-state index is -0.380. The Kier molecular flexibility index (Phi) is 5.55. The van der Waals surface area contributed by atoms with E-state index in [0.29, 0.717) is 17.2 Å². The summed E-state index contributed by atoms with van der Waals surface area (Å²) >= 11 is 7.59. The van der Waals surface area contributed by atoms with Gasteiger partial charge in [-0.15, -0.1) is 11.8 Å². The molecule has 1 aliphatic rings. The molecule has 1 atom stereocenters. The molecule has 1 aliphatic heterocycles. The number of thioether (sulfide) groups is 1. The summed E-state index contributed by atoms with van der Waals surface area (Å²) < 4.78 is 10.8. The van der Waals surface area contributed by atoms with Crippen molar-refractivity contribution in [1.29, 1.82) is 0 Å². The van der Waals surface area contributed by atoms with E-state index in [1.54, 1.807) is 23.9 Å². The average Bonchev–Trinajstić information content (AvgIpc) is 2.46. The van der Waals surface area contributed by atoms with Crippen molar-refractivity contribution in [2.24, 2.45) is 0 Å². The lowest BCUT2D eigenvalue weighted by molar-refractivity contribution is -0.0300. The molecule has 0 amide bonds. The van der Waals surface area contributed by atoms with Crippen LogP contribution in [0.4, 0.5) is 0 Å². The van der Waals surface area contributed by atoms with Crippen LogP contribution in [0.1, 0.15) is 29.6 Å². The number of ether oxygens (including phenoxy) is 2. The van der Waals surface area contributed by atoms with E-state index in [9.17, 15) is 4.79 Å². The highest BCUT2D eigenvalue weighted by Crippen LogP contribution is 2.24. The zero-order valence-electron chi connectivity index (χ0n) is 10.9. The Morgan fingerprint density at radius 2 is 2.37 bits per heavy atom. The van der Waals surface area contributed by atoms with Crippen molar-refractivity contribution in [3.05, 3.63) is 28.8 Å². The largest absolute Gasteiger partial charge is 0.459 e. The topological polar surface area (TPSA) is 35.5 Å². The van der Waals surface area contributed by atoms with E-state index in [0.717, 1.165) is 30.8 Å². The second kappa shape index (κ2) is 7.17. The van der Waals surface area contributed by atoms with Gasteiger partial charge in [-0.3, -0.25) is 0 Å². The number of carbonyl (C=O) groups is 1. The Hall–Kier alpha value is -0.710. The van der Waals surface area contributed by atoms with Crippen LogP contribution >= 0.6 is 23.4 Å². The summed E-state index contributed by atoms with van der Waals surface area (Å²) in [6.07, 6.45) is 5.15. The van der Waals surface area contributed by atoms with Crippen molar-refractivity contribution in [2.75, 3.05) is 19.5 Å². The number of esters is 1. The Labute approximate surface area is 122 Å². The number of carbonyl (C=O) groups excluding carboxylic acids is 1. The molecule has 0 aromatic heterocycles. The molecule has 1 heterocycles. The first kappa shape index (κ1) is 14.7. The molecule has 1 aromatic rings. The van der Waals surface area contributed by atoms with Gasteiger partial charge in [0.05, 0.1) is 16.7 Å². The maximum Gasteiger partial charge on any atom is 0.339 e. The van der Waals surface area contributed by atoms with E-state index in [4.69, 9.17) is 21.1 Å². The van der Waals surface area contributed by atoms with E-state index in [2.05, 4.69) is 0 Å². The number of hydrogen-bond donors (Lipinski definition) is 0. The Morgan fingerprint density at radius 1 is 1.53 bits per heavy atom. The molecule has 3 nitrogen and oxygen atoms in total. The highest BCUT2D eigenvalue weighted by molar-refractivity contribution is 7.98. The van der Waals surface area contributed by atoms with Gasteiger partial charge in [0.15, 0.2) is 0 Å². The number of halogens is 1. The molecular weight excluding hydrogens is 284 g/mol. The van der Waals surface area contributed by atoms with Crippen molar-refractivity contribution in [3.8, 4) is 0 Å². The quantitative estimate of drug-likeness (QED) is 0.626. The molecule has 0 N–H and O–H groups in total. The first-order valence-corrected chi connectivity index (χ1v) is 7.93. The van der Waals surface area contributed by atoms with Gasteiger partial charge in [-0.05, 0) is 43.7 Å². The molecule has 1 saturated heterocycles. The second-order valence-electron chi connectivity index (χ2n) is 4.43. The van der Waals surface area contributed by atoms with Crippen molar-refractivity contribution in [3.63, 3.8) is 0 Å². The molecule has 0 aliphatic carbocycles. The molecule has 0 radical (unpaired) electrons. The molecule has 2 rings (SSSR count). The van der Waals surface area contributed by atoms with Crippen molar-refractivity contribution in [1.82, 2.24) is 0 Å². The van der Waals surface area contributed by atoms with Crippen molar-refractivity contribution < 1.29 is 14.3 Å². The maximum absolute atomic E-state index is 12.0. The summed E-state index contributed by atoms with van der Waals surface area (Å²) in [5.41, 5.74) is 0.421. The predicted molar refractivity (Wildman–Crippen MR) is 77.1 cm³/mol. The normalized spacial score (nSPS) is 19.2. The number of rotatable bonds is 4. The van der Waals surface area contributed by atoms with Crippen LogP contribution in [0.25, 0.3) is 0 Å². The van der Waals surface area contributed by atoms with Gasteiger partial charge in [-0.2, -0.15) is 0 Å². The summed E-state index contributed by atoms with van der Waals surface area (Å²) in [5.74, 6) is -0.380. The highest BCUT2D eigenvalue weighted by Gasteiger charge is 2.18. The summed E-state index contributed by atoms with van der Waals surface area (Å²) in [6, 6.07) is 5.37. The first-order chi connectivity index (χ1) is 9.20. The zero-order chi connectivity index (χ0) is 13.7. The standard InChI is InChI=1S/C14H17ClO3S/c1-19-11-5-6-13(15)12(8-11)14(16)18-9-10-4-2-3-7-17-10/h5-6,8,10H,2-4,7,9H2,1H3. The van der Waals surface area contributed by atoms with Gasteiger partial charge in [-0.1, -0.05) is 11.6 Å². The lowest BCUT2D eigenvalue weighted by Gasteiger charge is -2.22. The minimum absolute atomic E-state index is 0.0280. The number of benzene rings is 1. The zero-order valence-corrected chi connectivity index (χ0v) is 12.4. The summed E-state index contributed by atoms with van der Waals surface area (Å²) in [7, 11) is 0. The summed E-state index contributed by atoms with van der Waals surface area (Å²) in [5, 5.41) is 0.423. The van der Waals surface area contributed by atoms with E-state index in [1.165, 1.54) is 0 Å². The van der Waals surface area contributed by atoms with Gasteiger partial charge in [0.2, 0.25) is 0 Å². The third-order valence-corrected chi connectivity index (χ3v) is 4.12. The van der Waals surface area contributed by atoms with Crippen LogP contribution in [0.3, 0.4) is 0 Å². The van der Waals surface area contributed by atoms with E-state index < -0.39 is 0 Å². The number of hydrogen-bond acceptors (Lipinski definition) is 4. The van der Waals surface area contributed by atoms with Gasteiger partial charge in [0.1, 0.15) is 6.61 Å². The van der Waals surface area contributed by atoms with Gasteiger partial charge in [0, 0.05) is 11.5 Å². The molecule has 5 heteroatoms. The van der Waals surface area contributed by atoms with E-state index in [-0.39, 0.29) is 12.1 Å². The van der Waals surface area contributed by atoms with Crippen LogP contribution in [-0.4, -0.2) is 31.5 Å². The average molecular weight is 301 g/mol. The third kappa shape index (κ3) is 4.13. The Morgan fingerprint density at radius 3 is 3.05 bits per heavy atom. The highest BCUT2D eigenvalue weighted by atomic mass is 35.5. The van der Waals surface area contributed by atoms with Crippen molar-refractivity contribution in [2.45, 2.75) is 30.3 Å². The molecule has 1 aromatic carbocycles. The Bertz CT molecular complexity index is 444. The fourth-order valence-electron chi connectivity index (χ4n) is 1.97. The lowest BCUT2D eigenvalue weighted by Crippen LogP contribution is -2.26. The summed E-state index contributed by atoms with van der Waals surface area (Å²) in [4.78, 5) is 13.0. The van der Waals surface area contributed by atoms with Gasteiger partial charge in [-0.25, -0.2) is 4.79 Å². The molecule has 104 valence electrons. The van der Waals surface area contributed by atoms with Crippen LogP contribution in [0, 0.1) is 0 Å². The molecular formula is C14H17ClO3S. The fourth-order valence-corrected chi connectivity index (χ4v) is 2.61. The minimum Gasteiger partial charge on any atom is -0.459 e. The monoisotopic (exact) mass is 300 g/mol. The maximum atomic E-state index is 12.0. The van der Waals surface area contributed by atoms with Crippen LogP contribution in [0.15, 0.2) is 23.1 Å². The lowest BCUT2D eigenvalue weighted by atomic mass is 10.1. The molecule has 1 unspecified atom stereocenters. The van der Waals surface area contributed by atoms with Crippen LogP contribution in [0.2, 0.25) is 5.02 Å². The summed E-state index contributed by atoms with van der Waals surface area (Å²) in [6.45, 7) is 1.06. The SMILES string of the molecule is CSc1ccc(Cl)c(C(=O)OCC2CCCCO2)c1. The van der Waals surface area contributed by atoms with E-state index >= 15 is 0 Å². The molecule has 0 spiro atoms. The fraction of sp³-hybridized carbons (Fsp3) is 0.500. The van der Waals surface area contributed by atoms with Crippen LogP contribution in [0.5, 0.6) is 0 Å². The molecule has 19 heavy (non-hydrogen) atoms. The van der Waals surface area contributed by atoms with Gasteiger partial charge in [0.25, 0.3) is 0 Å². The van der Waals surface area contributed by atoms with Gasteiger partial charge >= 0.3 is 5.97 Å². The third-order valence-electron chi connectivity index (χ3n) is 3.07. The smallest absolute Gasteiger partial charge is 0.339 e. The van der Waals surface area contributed by atoms with Crippen LogP contribution < -0.4 is 0 Å². The predicted octanol–water partition coefficient (Wildman–Crippen LogP) is 3.79. The molecule has 0 saturated carbocycles.